The van der Waals surface area contributed by atoms with E-state index in [0.29, 0.717) is 30.9 Å². The van der Waals surface area contributed by atoms with E-state index in [2.05, 4.69) is 20.6 Å². The first kappa shape index (κ1) is 40.7. The number of nitrogens with one attached hydrogen (secondary N) is 3. The summed E-state index contributed by atoms with van der Waals surface area (Å²) in [7, 11) is 2.53. The molecular weight excluding hydrogens is 731 g/mol. The third-order valence-corrected chi connectivity index (χ3v) is 11.0. The van der Waals surface area contributed by atoms with Crippen molar-refractivity contribution in [3.05, 3.63) is 71.8 Å². The molecule has 4 amide bonds. The summed E-state index contributed by atoms with van der Waals surface area (Å²) in [6.45, 7) is 8.60. The molecule has 302 valence electrons. The maximum absolute atomic E-state index is 13.6. The van der Waals surface area contributed by atoms with Gasteiger partial charge in [0.1, 0.15) is 17.9 Å². The van der Waals surface area contributed by atoms with Crippen molar-refractivity contribution in [2.45, 2.75) is 84.0 Å². The SMILES string of the molecule is COC(=O)N[C@H](C(=O)N1CCC[C@H]1C1=NC=C(c2ccc(-c3ccc(-c4cnc([C@@H]5CCCN5C(=O)[C@@H](NC(=O)OC)C(C)C)[nH]4)cc3)c(C(=O)O)c2)C1)C(C)C. The summed E-state index contributed by atoms with van der Waals surface area (Å²) in [5.74, 6) is -1.05. The Bertz CT molecular complexity index is 2070. The van der Waals surface area contributed by atoms with Gasteiger partial charge >= 0.3 is 18.2 Å². The second-order valence-electron chi connectivity index (χ2n) is 15.4. The minimum absolute atomic E-state index is 0.141. The molecule has 0 aliphatic carbocycles. The van der Waals surface area contributed by atoms with Crippen molar-refractivity contribution >= 4 is 41.3 Å². The van der Waals surface area contributed by atoms with Crippen molar-refractivity contribution < 1.29 is 38.6 Å². The number of hydrogen-bond donors (Lipinski definition) is 4. The fraction of sp³-hybridized carbons (Fsp3) is 0.452. The van der Waals surface area contributed by atoms with E-state index in [1.807, 2.05) is 64.1 Å². The number of hydrogen-bond acceptors (Lipinski definition) is 9. The molecule has 2 saturated heterocycles. The van der Waals surface area contributed by atoms with Crippen LogP contribution in [0.4, 0.5) is 9.59 Å². The minimum atomic E-state index is -1.06. The number of aromatic amines is 1. The van der Waals surface area contributed by atoms with Crippen LogP contribution in [0.5, 0.6) is 0 Å². The number of allylic oxidation sites excluding steroid dienone is 1. The zero-order valence-corrected chi connectivity index (χ0v) is 33.2. The largest absolute Gasteiger partial charge is 0.478 e. The molecule has 0 spiro atoms. The van der Waals surface area contributed by atoms with Crippen LogP contribution in [-0.4, -0.2) is 106 Å². The monoisotopic (exact) mass is 781 g/mol. The summed E-state index contributed by atoms with van der Waals surface area (Å²) >= 11 is 0. The zero-order valence-electron chi connectivity index (χ0n) is 33.2. The van der Waals surface area contributed by atoms with E-state index in [-0.39, 0.29) is 41.3 Å². The molecule has 0 radical (unpaired) electrons. The highest BCUT2D eigenvalue weighted by Crippen LogP contribution is 2.36. The van der Waals surface area contributed by atoms with E-state index >= 15 is 0 Å². The van der Waals surface area contributed by atoms with Crippen molar-refractivity contribution in [3.63, 3.8) is 0 Å². The molecule has 15 heteroatoms. The lowest BCUT2D eigenvalue weighted by molar-refractivity contribution is -0.135. The number of imidazole rings is 1. The van der Waals surface area contributed by atoms with E-state index in [4.69, 9.17) is 14.5 Å². The molecule has 4 heterocycles. The van der Waals surface area contributed by atoms with Crippen molar-refractivity contribution in [1.29, 1.82) is 0 Å². The van der Waals surface area contributed by atoms with E-state index < -0.39 is 30.2 Å². The topological polar surface area (TPSA) is 196 Å². The van der Waals surface area contributed by atoms with Gasteiger partial charge in [0.25, 0.3) is 0 Å². The van der Waals surface area contributed by atoms with Crippen molar-refractivity contribution in [1.82, 2.24) is 30.4 Å². The van der Waals surface area contributed by atoms with Gasteiger partial charge in [0.05, 0.1) is 43.8 Å². The molecule has 1 aromatic heterocycles. The van der Waals surface area contributed by atoms with Crippen LogP contribution in [0.25, 0.3) is 28.0 Å². The number of methoxy groups -OCH3 is 2. The Morgan fingerprint density at radius 1 is 0.789 bits per heavy atom. The summed E-state index contributed by atoms with van der Waals surface area (Å²) in [4.78, 5) is 80.0. The van der Waals surface area contributed by atoms with E-state index in [9.17, 15) is 29.1 Å². The number of likely N-dealkylation sites (tertiary alicyclic amines) is 2. The zero-order chi connectivity index (χ0) is 41.0. The average molecular weight is 782 g/mol. The summed E-state index contributed by atoms with van der Waals surface area (Å²) in [6.07, 6.45) is 5.72. The average Bonchev–Trinajstić information content (AvgIpc) is 4.05. The van der Waals surface area contributed by atoms with Gasteiger partial charge in [-0.2, -0.15) is 0 Å². The number of benzene rings is 2. The van der Waals surface area contributed by atoms with Gasteiger partial charge in [-0.3, -0.25) is 14.6 Å². The highest BCUT2D eigenvalue weighted by Gasteiger charge is 2.39. The molecule has 4 atom stereocenters. The third-order valence-electron chi connectivity index (χ3n) is 11.0. The number of carboxylic acid groups (broad SMARTS) is 1. The summed E-state index contributed by atoms with van der Waals surface area (Å²) in [6, 6.07) is 11.0. The molecule has 15 nitrogen and oxygen atoms in total. The molecule has 0 bridgehead atoms. The Kier molecular flexibility index (Phi) is 12.4. The van der Waals surface area contributed by atoms with Gasteiger partial charge in [0, 0.05) is 31.4 Å². The molecule has 4 N–H and O–H groups in total. The number of carbonyl (C=O) groups is 5. The van der Waals surface area contributed by atoms with Gasteiger partial charge < -0.3 is 40.0 Å². The van der Waals surface area contributed by atoms with Crippen LogP contribution in [0, 0.1) is 11.8 Å². The lowest BCUT2D eigenvalue weighted by Gasteiger charge is -2.31. The van der Waals surface area contributed by atoms with E-state index in [1.54, 1.807) is 28.3 Å². The molecular formula is C42H51N7O8. The second kappa shape index (κ2) is 17.4. The minimum Gasteiger partial charge on any atom is -0.478 e. The molecule has 57 heavy (non-hydrogen) atoms. The number of aromatic nitrogens is 2. The molecule has 2 aromatic carbocycles. The summed E-state index contributed by atoms with van der Waals surface area (Å²) < 4.78 is 9.49. The Hall–Kier alpha value is -5.99. The number of alkyl carbamates (subject to hydrolysis) is 2. The Morgan fingerprint density at radius 3 is 1.89 bits per heavy atom. The number of carboxylic acids is 1. The van der Waals surface area contributed by atoms with E-state index in [0.717, 1.165) is 59.4 Å². The first-order chi connectivity index (χ1) is 27.3. The van der Waals surface area contributed by atoms with Crippen molar-refractivity contribution in [2.75, 3.05) is 27.3 Å². The number of aromatic carboxylic acids is 1. The normalized spacial score (nSPS) is 18.9. The number of amides is 4. The van der Waals surface area contributed by atoms with Crippen LogP contribution in [0.2, 0.25) is 0 Å². The predicted molar refractivity (Wildman–Crippen MR) is 213 cm³/mol. The van der Waals surface area contributed by atoms with Crippen molar-refractivity contribution in [3.8, 4) is 22.4 Å². The molecule has 0 unspecified atom stereocenters. The summed E-state index contributed by atoms with van der Waals surface area (Å²) in [5.41, 5.74) is 5.46. The molecule has 3 aromatic rings. The van der Waals surface area contributed by atoms with Gasteiger partial charge in [-0.1, -0.05) is 64.1 Å². The van der Waals surface area contributed by atoms with Crippen molar-refractivity contribution in [2.24, 2.45) is 16.8 Å². The van der Waals surface area contributed by atoms with Crippen LogP contribution in [-0.2, 0) is 19.1 Å². The lowest BCUT2D eigenvalue weighted by Crippen LogP contribution is -2.53. The second-order valence-corrected chi connectivity index (χ2v) is 15.4. The van der Waals surface area contributed by atoms with Crippen LogP contribution in [0.1, 0.15) is 87.6 Å². The molecule has 2 fully saturated rings. The van der Waals surface area contributed by atoms with E-state index in [1.165, 1.54) is 14.2 Å². The molecule has 3 aliphatic rings. The van der Waals surface area contributed by atoms with Gasteiger partial charge in [-0.25, -0.2) is 19.4 Å². The van der Waals surface area contributed by atoms with Crippen LogP contribution >= 0.6 is 0 Å². The smallest absolute Gasteiger partial charge is 0.407 e. The highest BCUT2D eigenvalue weighted by atomic mass is 16.5. The number of ether oxygens (including phenoxy) is 2. The Balaban J connectivity index is 1.14. The first-order valence-electron chi connectivity index (χ1n) is 19.4. The first-order valence-corrected chi connectivity index (χ1v) is 19.4. The number of rotatable bonds is 12. The number of carbonyl (C=O) groups excluding carboxylic acids is 4. The van der Waals surface area contributed by atoms with Gasteiger partial charge in [0.15, 0.2) is 0 Å². The Morgan fingerprint density at radius 2 is 1.33 bits per heavy atom. The summed E-state index contributed by atoms with van der Waals surface area (Å²) in [5, 5.41) is 15.7. The van der Waals surface area contributed by atoms with Gasteiger partial charge in [-0.15, -0.1) is 0 Å². The lowest BCUT2D eigenvalue weighted by atomic mass is 9.92. The van der Waals surface area contributed by atoms with Gasteiger partial charge in [0.2, 0.25) is 11.8 Å². The molecule has 3 aliphatic heterocycles. The molecule has 0 saturated carbocycles. The number of nitrogens with zero attached hydrogens (tertiary/aromatic N) is 4. The standard InChI is InChI=1S/C42H51N7O8/c1-23(2)35(46-41(54)56-5)38(50)48-17-7-9-33(48)31-20-28(21-43-31)27-15-16-29(30(19-27)40(52)53)25-11-13-26(14-12-25)32-22-44-37(45-32)34-10-8-18-49(34)39(51)36(24(3)4)47-42(55)57-6/h11-16,19,21-24,33-36H,7-10,17-18,20H2,1-6H3,(H,44,45)(H,46,54)(H,47,55)(H,52,53)/t33-,34-,35-,36-/m0/s1. The fourth-order valence-corrected chi connectivity index (χ4v) is 7.93. The maximum atomic E-state index is 13.6. The third kappa shape index (κ3) is 8.71. The van der Waals surface area contributed by atoms with Crippen LogP contribution in [0.15, 0.2) is 59.9 Å². The predicted octanol–water partition coefficient (Wildman–Crippen LogP) is 6.04. The fourth-order valence-electron chi connectivity index (χ4n) is 7.93. The molecule has 6 rings (SSSR count). The van der Waals surface area contributed by atoms with Crippen LogP contribution in [0.3, 0.4) is 0 Å². The van der Waals surface area contributed by atoms with Crippen LogP contribution < -0.4 is 10.6 Å². The number of aliphatic imine (C=N–C) groups is 1. The van der Waals surface area contributed by atoms with Gasteiger partial charge in [-0.05, 0) is 71.4 Å². The quantitative estimate of drug-likeness (QED) is 0.169. The Labute approximate surface area is 331 Å². The maximum Gasteiger partial charge on any atom is 0.407 e. The highest BCUT2D eigenvalue weighted by molar-refractivity contribution is 6.05. The number of H-pyrrole nitrogens is 1.